The summed E-state index contributed by atoms with van der Waals surface area (Å²) in [5, 5.41) is 0. The van der Waals surface area contributed by atoms with Gasteiger partial charge in [0.25, 0.3) is 0 Å². The molecule has 0 radical (unpaired) electrons. The number of ether oxygens (including phenoxy) is 1. The normalized spacial score (nSPS) is 11.9. The summed E-state index contributed by atoms with van der Waals surface area (Å²) in [4.78, 5) is 10.8. The van der Waals surface area contributed by atoms with Crippen LogP contribution in [0.5, 0.6) is 0 Å². The van der Waals surface area contributed by atoms with Crippen LogP contribution in [0.4, 0.5) is 0 Å². The number of halogens is 1. The third-order valence-electron chi connectivity index (χ3n) is 4.72. The average Bonchev–Trinajstić information content (AvgIpc) is 2.34. The van der Waals surface area contributed by atoms with Gasteiger partial charge in [-0.2, -0.15) is 0 Å². The molecule has 0 spiro atoms. The molecule has 0 aliphatic heterocycles. The number of carbonyl (C=O) groups is 1. The van der Waals surface area contributed by atoms with Gasteiger partial charge < -0.3 is 33.2 Å². The van der Waals surface area contributed by atoms with Crippen molar-refractivity contribution < 1.29 is 38.0 Å². The molecular weight excluding hydrogens is 381 g/mol. The molecule has 0 saturated heterocycles. The Morgan fingerprint density at radius 2 is 1.55 bits per heavy atom. The van der Waals surface area contributed by atoms with Crippen LogP contribution >= 0.6 is 0 Å². The maximum Gasteiger partial charge on any atom is 0.302 e. The predicted molar refractivity (Wildman–Crippen MR) is 85.1 cm³/mol. The zero-order valence-corrected chi connectivity index (χ0v) is 17.5. The average molecular weight is 415 g/mol. The summed E-state index contributed by atoms with van der Waals surface area (Å²) in [5.74, 6) is -0.172. The lowest BCUT2D eigenvalue weighted by Crippen LogP contribution is -3.00. The molecule has 0 fully saturated rings. The maximum absolute atomic E-state index is 10.8. The fourth-order valence-electron chi connectivity index (χ4n) is 2.71. The third kappa shape index (κ3) is 9.34. The van der Waals surface area contributed by atoms with Crippen LogP contribution in [0.15, 0.2) is 0 Å². The van der Waals surface area contributed by atoms with E-state index in [9.17, 15) is 4.79 Å². The first-order valence-corrected chi connectivity index (χ1v) is 10.6. The van der Waals surface area contributed by atoms with E-state index in [0.717, 1.165) is 11.0 Å². The highest BCUT2D eigenvalue weighted by atomic mass is 127. The molecule has 0 bridgehead atoms. The largest absolute Gasteiger partial charge is 1.00 e. The van der Waals surface area contributed by atoms with Gasteiger partial charge in [-0.3, -0.25) is 4.79 Å². The van der Waals surface area contributed by atoms with Gasteiger partial charge >= 0.3 is 5.97 Å². The molecule has 0 N–H and O–H groups in total. The SMILES string of the molecule is CC[Si](CC)(CC)CCC[N+](C)(C)CCOC(C)=O.[I-]. The zero-order valence-electron chi connectivity index (χ0n) is 14.3. The summed E-state index contributed by atoms with van der Waals surface area (Å²) in [6.45, 7) is 11.2. The van der Waals surface area contributed by atoms with Gasteiger partial charge in [-0.1, -0.05) is 44.9 Å². The molecular formula is C15H34INO2Si. The summed E-state index contributed by atoms with van der Waals surface area (Å²) in [7, 11) is 3.50. The minimum absolute atomic E-state index is 0. The molecule has 0 aromatic carbocycles. The van der Waals surface area contributed by atoms with Gasteiger partial charge in [0, 0.05) is 6.92 Å². The topological polar surface area (TPSA) is 26.3 Å². The second kappa shape index (κ2) is 11.0. The predicted octanol–water partition coefficient (Wildman–Crippen LogP) is 0.529. The standard InChI is InChI=1S/C15H34NO2Si.HI/c1-7-19(8-2,9-3)14-10-11-16(5,6)12-13-18-15(4)17;/h7-14H2,1-6H3;1H/q+1;/p-1. The monoisotopic (exact) mass is 415 g/mol. The minimum Gasteiger partial charge on any atom is -1.00 e. The van der Waals surface area contributed by atoms with Crippen LogP contribution in [-0.2, 0) is 9.53 Å². The van der Waals surface area contributed by atoms with E-state index in [2.05, 4.69) is 34.9 Å². The van der Waals surface area contributed by atoms with E-state index in [1.54, 1.807) is 0 Å². The van der Waals surface area contributed by atoms with E-state index in [4.69, 9.17) is 4.74 Å². The van der Waals surface area contributed by atoms with E-state index < -0.39 is 8.07 Å². The quantitative estimate of drug-likeness (QED) is 0.225. The number of hydrogen-bond acceptors (Lipinski definition) is 2. The summed E-state index contributed by atoms with van der Waals surface area (Å²) >= 11 is 0. The molecule has 0 aromatic rings. The Balaban J connectivity index is 0. The van der Waals surface area contributed by atoms with Crippen molar-refractivity contribution in [3.05, 3.63) is 0 Å². The van der Waals surface area contributed by atoms with E-state index in [1.165, 1.54) is 44.1 Å². The molecule has 0 atom stereocenters. The molecule has 3 nitrogen and oxygen atoms in total. The second-order valence-corrected chi connectivity index (χ2v) is 12.0. The van der Waals surface area contributed by atoms with Crippen molar-refractivity contribution in [2.75, 3.05) is 33.8 Å². The number of nitrogens with zero attached hydrogens (tertiary/aromatic N) is 1. The molecule has 0 aliphatic carbocycles. The maximum atomic E-state index is 10.8. The molecule has 122 valence electrons. The van der Waals surface area contributed by atoms with Crippen LogP contribution in [-0.4, -0.2) is 52.3 Å². The number of hydrogen-bond donors (Lipinski definition) is 0. The highest BCUT2D eigenvalue weighted by molar-refractivity contribution is 6.79. The molecule has 0 heterocycles. The number of esters is 1. The first-order chi connectivity index (χ1) is 8.81. The van der Waals surface area contributed by atoms with Crippen molar-refractivity contribution in [3.8, 4) is 0 Å². The minimum atomic E-state index is -0.962. The second-order valence-electron chi connectivity index (χ2n) is 6.39. The van der Waals surface area contributed by atoms with Crippen LogP contribution < -0.4 is 24.0 Å². The molecule has 20 heavy (non-hydrogen) atoms. The Hall–Kier alpha value is 0.377. The molecule has 5 heteroatoms. The summed E-state index contributed by atoms with van der Waals surface area (Å²) < 4.78 is 6.00. The smallest absolute Gasteiger partial charge is 0.302 e. The van der Waals surface area contributed by atoms with E-state index in [0.29, 0.717) is 6.61 Å². The van der Waals surface area contributed by atoms with Crippen LogP contribution in [0.3, 0.4) is 0 Å². The van der Waals surface area contributed by atoms with E-state index >= 15 is 0 Å². The number of rotatable bonds is 10. The summed E-state index contributed by atoms with van der Waals surface area (Å²) in [5.41, 5.74) is 0. The fourth-order valence-corrected chi connectivity index (χ4v) is 6.18. The van der Waals surface area contributed by atoms with Crippen molar-refractivity contribution in [1.82, 2.24) is 0 Å². The molecule has 0 aromatic heterocycles. The molecule has 0 aliphatic rings. The van der Waals surface area contributed by atoms with Crippen LogP contribution in [0.25, 0.3) is 0 Å². The van der Waals surface area contributed by atoms with Gasteiger partial charge in [-0.05, 0) is 6.42 Å². The van der Waals surface area contributed by atoms with Crippen molar-refractivity contribution in [2.24, 2.45) is 0 Å². The first-order valence-electron chi connectivity index (χ1n) is 7.76. The van der Waals surface area contributed by atoms with Crippen LogP contribution in [0.2, 0.25) is 24.2 Å². The van der Waals surface area contributed by atoms with Crippen LogP contribution in [0, 0.1) is 0 Å². The number of carbonyl (C=O) groups excluding carboxylic acids is 1. The Morgan fingerprint density at radius 1 is 1.05 bits per heavy atom. The van der Waals surface area contributed by atoms with Crippen LogP contribution in [0.1, 0.15) is 34.1 Å². The molecule has 0 saturated carbocycles. The first kappa shape index (κ1) is 22.7. The lowest BCUT2D eigenvalue weighted by atomic mass is 10.3. The summed E-state index contributed by atoms with van der Waals surface area (Å²) in [6.07, 6.45) is 1.31. The lowest BCUT2D eigenvalue weighted by molar-refractivity contribution is -0.890. The van der Waals surface area contributed by atoms with Gasteiger partial charge in [0.15, 0.2) is 0 Å². The number of likely N-dealkylation sites (N-methyl/N-ethyl adjacent to an activating group) is 1. The molecule has 0 rings (SSSR count). The van der Waals surface area contributed by atoms with Gasteiger partial charge in [0.05, 0.1) is 28.7 Å². The summed E-state index contributed by atoms with van der Waals surface area (Å²) in [6, 6.07) is 5.70. The fraction of sp³-hybridized carbons (Fsp3) is 0.933. The van der Waals surface area contributed by atoms with E-state index in [-0.39, 0.29) is 29.9 Å². The molecule has 0 amide bonds. The van der Waals surface area contributed by atoms with Gasteiger partial charge in [0.1, 0.15) is 13.2 Å². The number of quaternary nitrogens is 1. The molecule has 0 unspecified atom stereocenters. The Bertz CT molecular complexity index is 260. The highest BCUT2D eigenvalue weighted by Crippen LogP contribution is 2.26. The van der Waals surface area contributed by atoms with Crippen molar-refractivity contribution in [1.29, 1.82) is 0 Å². The van der Waals surface area contributed by atoms with Crippen molar-refractivity contribution in [2.45, 2.75) is 58.3 Å². The van der Waals surface area contributed by atoms with Crippen molar-refractivity contribution >= 4 is 14.0 Å². The van der Waals surface area contributed by atoms with Crippen molar-refractivity contribution in [3.63, 3.8) is 0 Å². The third-order valence-corrected chi connectivity index (χ3v) is 10.6. The lowest BCUT2D eigenvalue weighted by Gasteiger charge is -2.33. The Kier molecular flexibility index (Phi) is 12.5. The van der Waals surface area contributed by atoms with Gasteiger partial charge in [-0.15, -0.1) is 0 Å². The van der Waals surface area contributed by atoms with Gasteiger partial charge in [0.2, 0.25) is 0 Å². The zero-order chi connectivity index (χ0) is 14.9. The van der Waals surface area contributed by atoms with Gasteiger partial charge in [-0.25, -0.2) is 0 Å². The highest BCUT2D eigenvalue weighted by Gasteiger charge is 2.27. The van der Waals surface area contributed by atoms with E-state index in [1.807, 2.05) is 0 Å². The Labute approximate surface area is 144 Å². The Morgan fingerprint density at radius 3 is 1.95 bits per heavy atom.